The SMILES string of the molecule is O=C(Nc1ccccc1O)N(Cc1ccccc1)Cc1ccccc1. The summed E-state index contributed by atoms with van der Waals surface area (Å²) >= 11 is 0. The van der Waals surface area contributed by atoms with Crippen LogP contribution >= 0.6 is 0 Å². The monoisotopic (exact) mass is 332 g/mol. The number of rotatable bonds is 5. The van der Waals surface area contributed by atoms with E-state index in [1.165, 1.54) is 0 Å². The fourth-order valence-electron chi connectivity index (χ4n) is 2.58. The van der Waals surface area contributed by atoms with Crippen LogP contribution in [0.15, 0.2) is 84.9 Å². The van der Waals surface area contributed by atoms with Crippen molar-refractivity contribution in [2.45, 2.75) is 13.1 Å². The Bertz CT molecular complexity index is 778. The largest absolute Gasteiger partial charge is 0.506 e. The molecule has 0 atom stereocenters. The van der Waals surface area contributed by atoms with Crippen molar-refractivity contribution in [2.24, 2.45) is 0 Å². The zero-order valence-electron chi connectivity index (χ0n) is 13.8. The van der Waals surface area contributed by atoms with E-state index in [9.17, 15) is 9.90 Å². The maximum atomic E-state index is 12.8. The van der Waals surface area contributed by atoms with Gasteiger partial charge in [-0.2, -0.15) is 0 Å². The van der Waals surface area contributed by atoms with Gasteiger partial charge in [-0.05, 0) is 23.3 Å². The minimum Gasteiger partial charge on any atom is -0.506 e. The van der Waals surface area contributed by atoms with Gasteiger partial charge in [-0.1, -0.05) is 72.8 Å². The molecule has 25 heavy (non-hydrogen) atoms. The maximum absolute atomic E-state index is 12.8. The predicted molar refractivity (Wildman–Crippen MR) is 99.3 cm³/mol. The Kier molecular flexibility index (Phi) is 5.32. The molecule has 3 rings (SSSR count). The Labute approximate surface area is 147 Å². The third kappa shape index (κ3) is 4.61. The molecule has 0 saturated carbocycles. The average Bonchev–Trinajstić information content (AvgIpc) is 2.65. The molecule has 0 fully saturated rings. The quantitative estimate of drug-likeness (QED) is 0.670. The number of phenolic OH excluding ortho intramolecular Hbond substituents is 1. The molecule has 0 aliphatic heterocycles. The summed E-state index contributed by atoms with van der Waals surface area (Å²) in [6, 6.07) is 26.2. The Morgan fingerprint density at radius 3 is 1.76 bits per heavy atom. The van der Waals surface area contributed by atoms with Crippen LogP contribution in [0.2, 0.25) is 0 Å². The second-order valence-electron chi connectivity index (χ2n) is 5.77. The third-order valence-electron chi connectivity index (χ3n) is 3.87. The molecule has 3 aromatic carbocycles. The highest BCUT2D eigenvalue weighted by molar-refractivity contribution is 5.90. The number of benzene rings is 3. The number of urea groups is 1. The van der Waals surface area contributed by atoms with Crippen LogP contribution in [0, 0.1) is 0 Å². The van der Waals surface area contributed by atoms with E-state index in [-0.39, 0.29) is 11.8 Å². The van der Waals surface area contributed by atoms with Crippen molar-refractivity contribution in [3.05, 3.63) is 96.1 Å². The lowest BCUT2D eigenvalue weighted by Crippen LogP contribution is -2.34. The summed E-state index contributed by atoms with van der Waals surface area (Å²) in [5, 5.41) is 12.7. The van der Waals surface area contributed by atoms with Gasteiger partial charge in [-0.25, -0.2) is 4.79 Å². The zero-order valence-corrected chi connectivity index (χ0v) is 13.8. The van der Waals surface area contributed by atoms with Crippen molar-refractivity contribution in [3.63, 3.8) is 0 Å². The second kappa shape index (κ2) is 8.02. The molecule has 4 heteroatoms. The van der Waals surface area contributed by atoms with E-state index >= 15 is 0 Å². The normalized spacial score (nSPS) is 10.2. The molecule has 0 unspecified atom stereocenters. The summed E-state index contributed by atoms with van der Waals surface area (Å²) in [5.74, 6) is 0.0511. The summed E-state index contributed by atoms with van der Waals surface area (Å²) in [6.07, 6.45) is 0. The molecule has 0 radical (unpaired) electrons. The summed E-state index contributed by atoms with van der Waals surface area (Å²) in [5.41, 5.74) is 2.50. The molecule has 126 valence electrons. The molecular formula is C21H20N2O2. The number of amides is 2. The number of phenols is 1. The first-order valence-electron chi connectivity index (χ1n) is 8.14. The minimum atomic E-state index is -0.255. The standard InChI is InChI=1S/C21H20N2O2/c24-20-14-8-7-13-19(20)22-21(25)23(15-17-9-3-1-4-10-17)16-18-11-5-2-6-12-18/h1-14,24H,15-16H2,(H,22,25). The number of carbonyl (C=O) groups excluding carboxylic acids is 1. The highest BCUT2D eigenvalue weighted by Gasteiger charge is 2.16. The molecule has 0 aliphatic rings. The molecular weight excluding hydrogens is 312 g/mol. The van der Waals surface area contributed by atoms with E-state index in [0.29, 0.717) is 18.8 Å². The fourth-order valence-corrected chi connectivity index (χ4v) is 2.58. The first-order valence-corrected chi connectivity index (χ1v) is 8.14. The maximum Gasteiger partial charge on any atom is 0.322 e. The van der Waals surface area contributed by atoms with Gasteiger partial charge in [0.05, 0.1) is 5.69 Å². The Morgan fingerprint density at radius 1 is 0.760 bits per heavy atom. The third-order valence-corrected chi connectivity index (χ3v) is 3.87. The van der Waals surface area contributed by atoms with Crippen molar-refractivity contribution in [1.29, 1.82) is 0 Å². The van der Waals surface area contributed by atoms with E-state index in [1.807, 2.05) is 60.7 Å². The lowest BCUT2D eigenvalue weighted by Gasteiger charge is -2.23. The van der Waals surface area contributed by atoms with Crippen LogP contribution in [0.3, 0.4) is 0 Å². The average molecular weight is 332 g/mol. The van der Waals surface area contributed by atoms with Crippen LogP contribution in [0.5, 0.6) is 5.75 Å². The Morgan fingerprint density at radius 2 is 1.24 bits per heavy atom. The number of nitrogens with one attached hydrogen (secondary N) is 1. The van der Waals surface area contributed by atoms with Gasteiger partial charge in [0, 0.05) is 13.1 Å². The van der Waals surface area contributed by atoms with Crippen LogP contribution < -0.4 is 5.32 Å². The molecule has 2 N–H and O–H groups in total. The first kappa shape index (κ1) is 16.6. The van der Waals surface area contributed by atoms with Crippen molar-refractivity contribution in [2.75, 3.05) is 5.32 Å². The topological polar surface area (TPSA) is 52.6 Å². The fraction of sp³-hybridized carbons (Fsp3) is 0.0952. The molecule has 0 heterocycles. The Hall–Kier alpha value is -3.27. The van der Waals surface area contributed by atoms with Gasteiger partial charge in [-0.15, -0.1) is 0 Å². The van der Waals surface area contributed by atoms with E-state index in [2.05, 4.69) is 5.32 Å². The van der Waals surface area contributed by atoms with Crippen LogP contribution in [-0.4, -0.2) is 16.0 Å². The van der Waals surface area contributed by atoms with E-state index < -0.39 is 0 Å². The second-order valence-corrected chi connectivity index (χ2v) is 5.77. The molecule has 0 saturated heterocycles. The van der Waals surface area contributed by atoms with Crippen molar-refractivity contribution in [1.82, 2.24) is 4.90 Å². The van der Waals surface area contributed by atoms with E-state index in [1.54, 1.807) is 29.2 Å². The van der Waals surface area contributed by atoms with Gasteiger partial charge in [0.25, 0.3) is 0 Å². The summed E-state index contributed by atoms with van der Waals surface area (Å²) in [4.78, 5) is 14.5. The number of aromatic hydroxyl groups is 1. The predicted octanol–water partition coefficient (Wildman–Crippen LogP) is 4.63. The van der Waals surface area contributed by atoms with Gasteiger partial charge in [0.15, 0.2) is 0 Å². The van der Waals surface area contributed by atoms with Gasteiger partial charge < -0.3 is 15.3 Å². The van der Waals surface area contributed by atoms with Crippen LogP contribution in [0.25, 0.3) is 0 Å². The van der Waals surface area contributed by atoms with Gasteiger partial charge in [0.2, 0.25) is 0 Å². The summed E-state index contributed by atoms with van der Waals surface area (Å²) in [7, 11) is 0. The van der Waals surface area contributed by atoms with Crippen LogP contribution in [-0.2, 0) is 13.1 Å². The highest BCUT2D eigenvalue weighted by atomic mass is 16.3. The summed E-state index contributed by atoms with van der Waals surface area (Å²) in [6.45, 7) is 0.963. The minimum absolute atomic E-state index is 0.0511. The van der Waals surface area contributed by atoms with Crippen molar-refractivity contribution >= 4 is 11.7 Å². The van der Waals surface area contributed by atoms with Crippen LogP contribution in [0.4, 0.5) is 10.5 Å². The summed E-state index contributed by atoms with van der Waals surface area (Å²) < 4.78 is 0. The van der Waals surface area contributed by atoms with Crippen LogP contribution in [0.1, 0.15) is 11.1 Å². The number of hydrogen-bond acceptors (Lipinski definition) is 2. The van der Waals surface area contributed by atoms with Crippen molar-refractivity contribution in [3.8, 4) is 5.75 Å². The zero-order chi connectivity index (χ0) is 17.5. The van der Waals surface area contributed by atoms with Gasteiger partial charge >= 0.3 is 6.03 Å². The lowest BCUT2D eigenvalue weighted by atomic mass is 10.2. The van der Waals surface area contributed by atoms with Gasteiger partial charge in [-0.3, -0.25) is 0 Å². The number of hydrogen-bond donors (Lipinski definition) is 2. The van der Waals surface area contributed by atoms with Crippen molar-refractivity contribution < 1.29 is 9.90 Å². The molecule has 0 aliphatic carbocycles. The molecule has 3 aromatic rings. The highest BCUT2D eigenvalue weighted by Crippen LogP contribution is 2.22. The molecule has 0 spiro atoms. The number of para-hydroxylation sites is 2. The smallest absolute Gasteiger partial charge is 0.322 e. The number of nitrogens with zero attached hydrogens (tertiary/aromatic N) is 1. The number of carbonyl (C=O) groups is 1. The van der Waals surface area contributed by atoms with E-state index in [0.717, 1.165) is 11.1 Å². The number of anilines is 1. The Balaban J connectivity index is 1.79. The lowest BCUT2D eigenvalue weighted by molar-refractivity contribution is 0.206. The molecule has 0 bridgehead atoms. The molecule has 0 aromatic heterocycles. The molecule has 2 amide bonds. The van der Waals surface area contributed by atoms with E-state index in [4.69, 9.17) is 0 Å². The first-order chi connectivity index (χ1) is 12.2. The van der Waals surface area contributed by atoms with Gasteiger partial charge in [0.1, 0.15) is 5.75 Å². The molecule has 4 nitrogen and oxygen atoms in total.